The molecule has 120 valence electrons. The molecular weight excluding hydrogens is 313 g/mol. The molecule has 0 aliphatic carbocycles. The highest BCUT2D eigenvalue weighted by atomic mass is 19.2. The van der Waals surface area contributed by atoms with E-state index in [0.717, 1.165) is 4.90 Å². The molecule has 0 unspecified atom stereocenters. The second kappa shape index (κ2) is 6.47. The molecule has 0 saturated carbocycles. The number of amides is 1. The average molecular weight is 324 g/mol. The number of para-hydroxylation sites is 1. The molecule has 0 heterocycles. The zero-order chi connectivity index (χ0) is 17.1. The minimum Gasteiger partial charge on any atom is -0.309 e. The Morgan fingerprint density at radius 1 is 1.13 bits per heavy atom. The first-order valence-electron chi connectivity index (χ1n) is 6.57. The van der Waals surface area contributed by atoms with Crippen molar-refractivity contribution in [2.75, 3.05) is 11.4 Å². The number of halogens is 3. The van der Waals surface area contributed by atoms with Gasteiger partial charge in [-0.1, -0.05) is 18.2 Å². The molecule has 0 aliphatic heterocycles. The van der Waals surface area contributed by atoms with Crippen LogP contribution in [0, 0.1) is 27.6 Å². The summed E-state index contributed by atoms with van der Waals surface area (Å²) in [6.07, 6.45) is 0. The number of hydrogen-bond donors (Lipinski definition) is 0. The first kappa shape index (κ1) is 16.5. The van der Waals surface area contributed by atoms with Crippen LogP contribution in [0.1, 0.15) is 17.3 Å². The summed E-state index contributed by atoms with van der Waals surface area (Å²) in [5.74, 6) is -6.75. The third-order valence-corrected chi connectivity index (χ3v) is 3.18. The van der Waals surface area contributed by atoms with Crippen molar-refractivity contribution in [2.45, 2.75) is 6.92 Å². The van der Waals surface area contributed by atoms with Gasteiger partial charge in [0.2, 0.25) is 11.6 Å². The van der Waals surface area contributed by atoms with Crippen LogP contribution in [0.15, 0.2) is 36.4 Å². The zero-order valence-electron chi connectivity index (χ0n) is 11.9. The first-order valence-corrected chi connectivity index (χ1v) is 6.57. The molecular formula is C15H11F3N2O3. The van der Waals surface area contributed by atoms with E-state index in [1.807, 2.05) is 0 Å². The van der Waals surface area contributed by atoms with Gasteiger partial charge in [0, 0.05) is 18.3 Å². The van der Waals surface area contributed by atoms with Crippen LogP contribution in [-0.2, 0) is 0 Å². The van der Waals surface area contributed by atoms with Gasteiger partial charge in [0.1, 0.15) is 0 Å². The van der Waals surface area contributed by atoms with Gasteiger partial charge in [0.25, 0.3) is 5.91 Å². The van der Waals surface area contributed by atoms with Crippen LogP contribution in [0.25, 0.3) is 0 Å². The van der Waals surface area contributed by atoms with E-state index in [1.165, 1.54) is 0 Å². The molecule has 1 amide bonds. The van der Waals surface area contributed by atoms with Crippen LogP contribution in [0.5, 0.6) is 0 Å². The maximum absolute atomic E-state index is 13.9. The quantitative estimate of drug-likeness (QED) is 0.489. The highest BCUT2D eigenvalue weighted by molar-refractivity contribution is 6.06. The molecule has 0 spiro atoms. The monoisotopic (exact) mass is 324 g/mol. The van der Waals surface area contributed by atoms with Crippen molar-refractivity contribution >= 4 is 17.3 Å². The average Bonchev–Trinajstić information content (AvgIpc) is 2.54. The number of anilines is 1. The fraction of sp³-hybridized carbons (Fsp3) is 0.133. The molecule has 2 rings (SSSR count). The van der Waals surface area contributed by atoms with E-state index in [4.69, 9.17) is 0 Å². The lowest BCUT2D eigenvalue weighted by molar-refractivity contribution is -0.387. The summed E-state index contributed by atoms with van der Waals surface area (Å²) in [7, 11) is 0. The summed E-state index contributed by atoms with van der Waals surface area (Å²) >= 11 is 0. The van der Waals surface area contributed by atoms with Gasteiger partial charge >= 0.3 is 5.69 Å². The maximum Gasteiger partial charge on any atom is 0.308 e. The number of carbonyl (C=O) groups excluding carboxylic acids is 1. The van der Waals surface area contributed by atoms with Crippen molar-refractivity contribution in [1.29, 1.82) is 0 Å². The number of carbonyl (C=O) groups is 1. The molecule has 8 heteroatoms. The highest BCUT2D eigenvalue weighted by Gasteiger charge is 2.30. The first-order chi connectivity index (χ1) is 10.9. The summed E-state index contributed by atoms with van der Waals surface area (Å²) in [5, 5.41) is 10.7. The van der Waals surface area contributed by atoms with Gasteiger partial charge in [-0.05, 0) is 19.1 Å². The molecule has 0 aromatic heterocycles. The Morgan fingerprint density at radius 2 is 1.74 bits per heavy atom. The Morgan fingerprint density at radius 3 is 2.26 bits per heavy atom. The third-order valence-electron chi connectivity index (χ3n) is 3.18. The molecule has 23 heavy (non-hydrogen) atoms. The number of nitrogens with zero attached hydrogens (tertiary/aromatic N) is 2. The standard InChI is InChI=1S/C15H11F3N2O3/c1-2-19(9-6-4-3-5-7-9)15(21)10-8-11(20(22)23)13(17)14(18)12(10)16/h3-8H,2H2,1H3. The van der Waals surface area contributed by atoms with Gasteiger partial charge in [0.15, 0.2) is 5.82 Å². The largest absolute Gasteiger partial charge is 0.309 e. The predicted molar refractivity (Wildman–Crippen MR) is 76.8 cm³/mol. The predicted octanol–water partition coefficient (Wildman–Crippen LogP) is 3.68. The zero-order valence-corrected chi connectivity index (χ0v) is 11.9. The van der Waals surface area contributed by atoms with Crippen molar-refractivity contribution in [1.82, 2.24) is 0 Å². The van der Waals surface area contributed by atoms with E-state index in [1.54, 1.807) is 37.3 Å². The van der Waals surface area contributed by atoms with Crippen LogP contribution in [0.4, 0.5) is 24.5 Å². The van der Waals surface area contributed by atoms with E-state index < -0.39 is 39.5 Å². The lowest BCUT2D eigenvalue weighted by atomic mass is 10.1. The molecule has 0 atom stereocenters. The highest BCUT2D eigenvalue weighted by Crippen LogP contribution is 2.27. The molecule has 2 aromatic carbocycles. The minimum atomic E-state index is -2.05. The van der Waals surface area contributed by atoms with E-state index in [-0.39, 0.29) is 6.54 Å². The van der Waals surface area contributed by atoms with E-state index in [9.17, 15) is 28.1 Å². The second-order valence-corrected chi connectivity index (χ2v) is 4.53. The summed E-state index contributed by atoms with van der Waals surface area (Å²) in [6, 6.07) is 8.50. The molecule has 0 fully saturated rings. The van der Waals surface area contributed by atoms with Crippen LogP contribution < -0.4 is 4.90 Å². The lowest BCUT2D eigenvalue weighted by Crippen LogP contribution is -2.31. The van der Waals surface area contributed by atoms with E-state index in [2.05, 4.69) is 0 Å². The normalized spacial score (nSPS) is 10.4. The van der Waals surface area contributed by atoms with E-state index >= 15 is 0 Å². The molecule has 0 aliphatic rings. The Hall–Kier alpha value is -2.90. The summed E-state index contributed by atoms with van der Waals surface area (Å²) in [6.45, 7) is 1.70. The molecule has 0 saturated heterocycles. The second-order valence-electron chi connectivity index (χ2n) is 4.53. The Balaban J connectivity index is 2.56. The van der Waals surface area contributed by atoms with Crippen molar-refractivity contribution in [3.05, 3.63) is 69.5 Å². The van der Waals surface area contributed by atoms with Crippen molar-refractivity contribution < 1.29 is 22.9 Å². The fourth-order valence-corrected chi connectivity index (χ4v) is 2.08. The van der Waals surface area contributed by atoms with Crippen molar-refractivity contribution in [3.63, 3.8) is 0 Å². The lowest BCUT2D eigenvalue weighted by Gasteiger charge is -2.21. The molecule has 0 radical (unpaired) electrons. The molecule has 0 N–H and O–H groups in total. The number of nitro groups is 1. The van der Waals surface area contributed by atoms with Gasteiger partial charge in [-0.3, -0.25) is 14.9 Å². The van der Waals surface area contributed by atoms with Crippen molar-refractivity contribution in [2.24, 2.45) is 0 Å². The summed E-state index contributed by atoms with van der Waals surface area (Å²) in [5.41, 5.74) is -1.80. The van der Waals surface area contributed by atoms with Gasteiger partial charge in [-0.25, -0.2) is 8.78 Å². The van der Waals surface area contributed by atoms with E-state index in [0.29, 0.717) is 11.8 Å². The molecule has 5 nitrogen and oxygen atoms in total. The summed E-state index contributed by atoms with van der Waals surface area (Å²) < 4.78 is 40.8. The van der Waals surface area contributed by atoms with Crippen LogP contribution in [0.3, 0.4) is 0 Å². The van der Waals surface area contributed by atoms with Gasteiger partial charge in [-0.15, -0.1) is 0 Å². The SMILES string of the molecule is CCN(C(=O)c1cc([N+](=O)[O-])c(F)c(F)c1F)c1ccccc1. The van der Waals surface area contributed by atoms with Crippen LogP contribution in [-0.4, -0.2) is 17.4 Å². The Bertz CT molecular complexity index is 766. The summed E-state index contributed by atoms with van der Waals surface area (Å²) in [4.78, 5) is 23.0. The van der Waals surface area contributed by atoms with Gasteiger partial charge in [0.05, 0.1) is 10.5 Å². The number of nitro benzene ring substituents is 1. The minimum absolute atomic E-state index is 0.106. The topological polar surface area (TPSA) is 63.5 Å². The Labute approximate surface area is 129 Å². The van der Waals surface area contributed by atoms with Crippen molar-refractivity contribution in [3.8, 4) is 0 Å². The van der Waals surface area contributed by atoms with Crippen LogP contribution in [0.2, 0.25) is 0 Å². The molecule has 0 bridgehead atoms. The maximum atomic E-state index is 13.9. The smallest absolute Gasteiger partial charge is 0.308 e. The number of rotatable bonds is 4. The third kappa shape index (κ3) is 3.01. The fourth-order valence-electron chi connectivity index (χ4n) is 2.08. The van der Waals surface area contributed by atoms with Crippen LogP contribution >= 0.6 is 0 Å². The number of hydrogen-bond acceptors (Lipinski definition) is 3. The van der Waals surface area contributed by atoms with Gasteiger partial charge < -0.3 is 4.90 Å². The number of benzene rings is 2. The van der Waals surface area contributed by atoms with Gasteiger partial charge in [-0.2, -0.15) is 4.39 Å². The Kier molecular flexibility index (Phi) is 4.63. The molecule has 2 aromatic rings.